The van der Waals surface area contributed by atoms with Crippen LogP contribution < -0.4 is 10.6 Å². The van der Waals surface area contributed by atoms with E-state index in [1.807, 2.05) is 62.4 Å². The lowest BCUT2D eigenvalue weighted by Gasteiger charge is -2.16. The zero-order chi connectivity index (χ0) is 17.5. The standard InChI is InChI=1S/C19H23N3O2/c1-14-8-10-16(11-9-14)20-18(23)12-22(3)13-19(24)21-17-7-5-4-6-15(17)2/h4-11H,12-13H2,1-3H3,(H,20,23)(H,21,24). The van der Waals surface area contributed by atoms with Crippen molar-refractivity contribution in [2.75, 3.05) is 30.8 Å². The lowest BCUT2D eigenvalue weighted by Crippen LogP contribution is -2.36. The molecule has 0 radical (unpaired) electrons. The Hall–Kier alpha value is -2.66. The minimum Gasteiger partial charge on any atom is -0.325 e. The molecular formula is C19H23N3O2. The Balaban J connectivity index is 1.80. The number of nitrogens with one attached hydrogen (secondary N) is 2. The summed E-state index contributed by atoms with van der Waals surface area (Å²) in [5.41, 5.74) is 3.69. The SMILES string of the molecule is Cc1ccc(NC(=O)CN(C)CC(=O)Nc2ccccc2C)cc1. The van der Waals surface area contributed by atoms with Crippen molar-refractivity contribution in [2.24, 2.45) is 0 Å². The Bertz CT molecular complexity index is 711. The summed E-state index contributed by atoms with van der Waals surface area (Å²) in [6, 6.07) is 15.2. The molecule has 2 rings (SSSR count). The highest BCUT2D eigenvalue weighted by atomic mass is 16.2. The minimum absolute atomic E-state index is 0.144. The molecule has 0 atom stereocenters. The fraction of sp³-hybridized carbons (Fsp3) is 0.263. The van der Waals surface area contributed by atoms with E-state index in [9.17, 15) is 9.59 Å². The predicted molar refractivity (Wildman–Crippen MR) is 97.1 cm³/mol. The Morgan fingerprint density at radius 2 is 1.46 bits per heavy atom. The zero-order valence-electron chi connectivity index (χ0n) is 14.3. The quantitative estimate of drug-likeness (QED) is 0.858. The van der Waals surface area contributed by atoms with Crippen molar-refractivity contribution in [3.05, 3.63) is 59.7 Å². The number of aryl methyl sites for hydroxylation is 2. The minimum atomic E-state index is -0.148. The van der Waals surface area contributed by atoms with E-state index in [1.54, 1.807) is 11.9 Å². The molecule has 0 aliphatic rings. The van der Waals surface area contributed by atoms with Gasteiger partial charge in [0.2, 0.25) is 11.8 Å². The van der Waals surface area contributed by atoms with Crippen molar-refractivity contribution in [3.63, 3.8) is 0 Å². The topological polar surface area (TPSA) is 61.4 Å². The molecule has 0 bridgehead atoms. The molecule has 2 aromatic rings. The molecule has 5 heteroatoms. The fourth-order valence-corrected chi connectivity index (χ4v) is 2.29. The zero-order valence-corrected chi connectivity index (χ0v) is 14.3. The van der Waals surface area contributed by atoms with Crippen LogP contribution in [0.2, 0.25) is 0 Å². The van der Waals surface area contributed by atoms with Crippen molar-refractivity contribution < 1.29 is 9.59 Å². The average molecular weight is 325 g/mol. The number of rotatable bonds is 6. The number of nitrogens with zero attached hydrogens (tertiary/aromatic N) is 1. The Morgan fingerprint density at radius 3 is 2.08 bits per heavy atom. The monoisotopic (exact) mass is 325 g/mol. The number of benzene rings is 2. The van der Waals surface area contributed by atoms with Crippen LogP contribution in [-0.2, 0) is 9.59 Å². The summed E-state index contributed by atoms with van der Waals surface area (Å²) in [5, 5.41) is 5.68. The molecule has 2 aromatic carbocycles. The van der Waals surface area contributed by atoms with Gasteiger partial charge in [0.05, 0.1) is 13.1 Å². The third-order valence-corrected chi connectivity index (χ3v) is 3.58. The van der Waals surface area contributed by atoms with E-state index in [1.165, 1.54) is 0 Å². The van der Waals surface area contributed by atoms with Gasteiger partial charge in [-0.15, -0.1) is 0 Å². The van der Waals surface area contributed by atoms with Crippen molar-refractivity contribution in [1.29, 1.82) is 0 Å². The summed E-state index contributed by atoms with van der Waals surface area (Å²) >= 11 is 0. The summed E-state index contributed by atoms with van der Waals surface area (Å²) in [4.78, 5) is 25.8. The lowest BCUT2D eigenvalue weighted by molar-refractivity contribution is -0.119. The van der Waals surface area contributed by atoms with E-state index in [-0.39, 0.29) is 24.9 Å². The first-order valence-corrected chi connectivity index (χ1v) is 7.84. The number of hydrogen-bond donors (Lipinski definition) is 2. The average Bonchev–Trinajstić information content (AvgIpc) is 2.51. The van der Waals surface area contributed by atoms with Gasteiger partial charge < -0.3 is 10.6 Å². The molecule has 0 aromatic heterocycles. The van der Waals surface area contributed by atoms with E-state index >= 15 is 0 Å². The smallest absolute Gasteiger partial charge is 0.238 e. The number of anilines is 2. The summed E-state index contributed by atoms with van der Waals surface area (Å²) in [6.45, 7) is 4.23. The molecule has 0 unspecified atom stereocenters. The first-order valence-electron chi connectivity index (χ1n) is 7.84. The van der Waals surface area contributed by atoms with Crippen LogP contribution in [-0.4, -0.2) is 36.9 Å². The summed E-state index contributed by atoms with van der Waals surface area (Å²) < 4.78 is 0. The maximum Gasteiger partial charge on any atom is 0.238 e. The molecule has 0 aliphatic heterocycles. The maximum absolute atomic E-state index is 12.1. The number of amides is 2. The summed E-state index contributed by atoms with van der Waals surface area (Å²) in [7, 11) is 1.74. The molecule has 0 saturated heterocycles. The molecule has 2 N–H and O–H groups in total. The molecule has 126 valence electrons. The van der Waals surface area contributed by atoms with Gasteiger partial charge in [0.25, 0.3) is 0 Å². The molecular weight excluding hydrogens is 302 g/mol. The van der Waals surface area contributed by atoms with Crippen LogP contribution in [0.25, 0.3) is 0 Å². The molecule has 2 amide bonds. The van der Waals surface area contributed by atoms with Crippen molar-refractivity contribution in [3.8, 4) is 0 Å². The number of likely N-dealkylation sites (N-methyl/N-ethyl adjacent to an activating group) is 1. The van der Waals surface area contributed by atoms with Gasteiger partial charge in [0.1, 0.15) is 0 Å². The van der Waals surface area contributed by atoms with Gasteiger partial charge in [-0.05, 0) is 44.7 Å². The highest BCUT2D eigenvalue weighted by Crippen LogP contribution is 2.13. The van der Waals surface area contributed by atoms with Gasteiger partial charge in [0, 0.05) is 11.4 Å². The number of para-hydroxylation sites is 1. The van der Waals surface area contributed by atoms with Crippen LogP contribution in [0.3, 0.4) is 0 Å². The Morgan fingerprint density at radius 1 is 0.875 bits per heavy atom. The molecule has 0 saturated carbocycles. The van der Waals surface area contributed by atoms with Crippen LogP contribution in [0.15, 0.2) is 48.5 Å². The van der Waals surface area contributed by atoms with Crippen LogP contribution in [0.4, 0.5) is 11.4 Å². The van der Waals surface area contributed by atoms with E-state index in [2.05, 4.69) is 10.6 Å². The van der Waals surface area contributed by atoms with Crippen molar-refractivity contribution in [2.45, 2.75) is 13.8 Å². The van der Waals surface area contributed by atoms with E-state index in [0.717, 1.165) is 22.5 Å². The van der Waals surface area contributed by atoms with Crippen molar-refractivity contribution in [1.82, 2.24) is 4.90 Å². The molecule has 24 heavy (non-hydrogen) atoms. The first-order chi connectivity index (χ1) is 11.4. The first kappa shape index (κ1) is 17.7. The third kappa shape index (κ3) is 5.52. The van der Waals surface area contributed by atoms with Crippen LogP contribution in [0.5, 0.6) is 0 Å². The molecule has 5 nitrogen and oxygen atoms in total. The van der Waals surface area contributed by atoms with Crippen LogP contribution in [0.1, 0.15) is 11.1 Å². The van der Waals surface area contributed by atoms with E-state index < -0.39 is 0 Å². The summed E-state index contributed by atoms with van der Waals surface area (Å²) in [6.07, 6.45) is 0. The van der Waals surface area contributed by atoms with Gasteiger partial charge in [-0.3, -0.25) is 14.5 Å². The van der Waals surface area contributed by atoms with Gasteiger partial charge >= 0.3 is 0 Å². The predicted octanol–water partition coefficient (Wildman–Crippen LogP) is 2.81. The fourth-order valence-electron chi connectivity index (χ4n) is 2.29. The van der Waals surface area contributed by atoms with Gasteiger partial charge in [0.15, 0.2) is 0 Å². The highest BCUT2D eigenvalue weighted by molar-refractivity contribution is 5.95. The number of hydrogen-bond acceptors (Lipinski definition) is 3. The van der Waals surface area contributed by atoms with Gasteiger partial charge in [-0.2, -0.15) is 0 Å². The molecule has 0 spiro atoms. The number of carbonyl (C=O) groups excluding carboxylic acids is 2. The molecule has 0 fully saturated rings. The second kappa shape index (κ2) is 8.26. The second-order valence-electron chi connectivity index (χ2n) is 5.95. The Kier molecular flexibility index (Phi) is 6.09. The van der Waals surface area contributed by atoms with Gasteiger partial charge in [-0.1, -0.05) is 35.9 Å². The lowest BCUT2D eigenvalue weighted by atomic mass is 10.2. The van der Waals surface area contributed by atoms with E-state index in [4.69, 9.17) is 0 Å². The van der Waals surface area contributed by atoms with Gasteiger partial charge in [-0.25, -0.2) is 0 Å². The normalized spacial score (nSPS) is 10.5. The Labute approximate surface area is 142 Å². The van der Waals surface area contributed by atoms with Crippen molar-refractivity contribution >= 4 is 23.2 Å². The van der Waals surface area contributed by atoms with E-state index in [0.29, 0.717) is 0 Å². The maximum atomic E-state index is 12.1. The highest BCUT2D eigenvalue weighted by Gasteiger charge is 2.11. The van der Waals surface area contributed by atoms with Crippen LogP contribution in [0, 0.1) is 13.8 Å². The number of carbonyl (C=O) groups is 2. The second-order valence-corrected chi connectivity index (χ2v) is 5.95. The molecule has 0 aliphatic carbocycles. The molecule has 0 heterocycles. The third-order valence-electron chi connectivity index (χ3n) is 3.58. The summed E-state index contributed by atoms with van der Waals surface area (Å²) in [5.74, 6) is -0.292. The largest absolute Gasteiger partial charge is 0.325 e. The van der Waals surface area contributed by atoms with Crippen LogP contribution >= 0.6 is 0 Å².